The molecule has 3 heterocycles. The fourth-order valence-corrected chi connectivity index (χ4v) is 5.35. The van der Waals surface area contributed by atoms with E-state index in [-0.39, 0.29) is 23.0 Å². The van der Waals surface area contributed by atoms with E-state index in [0.29, 0.717) is 62.0 Å². The van der Waals surface area contributed by atoms with Crippen molar-refractivity contribution in [1.82, 2.24) is 30.2 Å². The maximum Gasteiger partial charge on any atom is 0.265 e. The Balaban J connectivity index is 1.54. The number of rotatable bonds is 12. The Morgan fingerprint density at radius 1 is 1.30 bits per heavy atom. The Morgan fingerprint density at radius 2 is 2.08 bits per heavy atom. The number of piperidine rings is 1. The summed E-state index contributed by atoms with van der Waals surface area (Å²) in [7, 11) is 0. The van der Waals surface area contributed by atoms with Gasteiger partial charge in [-0.15, -0.1) is 0 Å². The third-order valence-corrected chi connectivity index (χ3v) is 8.13. The van der Waals surface area contributed by atoms with E-state index in [1.54, 1.807) is 41.8 Å². The summed E-state index contributed by atoms with van der Waals surface area (Å²) < 4.78 is 20.7. The van der Waals surface area contributed by atoms with E-state index in [1.165, 1.54) is 13.0 Å². The van der Waals surface area contributed by atoms with Crippen molar-refractivity contribution in [2.45, 2.75) is 56.6 Å². The second-order valence-electron chi connectivity index (χ2n) is 9.49. The predicted molar refractivity (Wildman–Crippen MR) is 152 cm³/mol. The lowest BCUT2D eigenvalue weighted by Crippen LogP contribution is -2.52. The van der Waals surface area contributed by atoms with E-state index in [9.17, 15) is 14.1 Å². The van der Waals surface area contributed by atoms with Crippen LogP contribution >= 0.6 is 0 Å². The smallest absolute Gasteiger partial charge is 0.265 e. The van der Waals surface area contributed by atoms with E-state index in [1.807, 2.05) is 6.92 Å². The van der Waals surface area contributed by atoms with Gasteiger partial charge in [0.1, 0.15) is 11.1 Å². The van der Waals surface area contributed by atoms with Crippen molar-refractivity contribution < 1.29 is 18.9 Å². The molecular formula is C27H34N8O4S. The number of carbonyl (C=O) groups excluding carboxylic acids is 2. The molecule has 0 bridgehead atoms. The molecule has 2 aromatic rings. The molecule has 40 heavy (non-hydrogen) atoms. The number of aromatic nitrogens is 4. The molecule has 2 fully saturated rings. The molecule has 1 aliphatic heterocycles. The molecule has 1 unspecified atom stereocenters. The summed E-state index contributed by atoms with van der Waals surface area (Å²) in [4.78, 5) is 49.4. The zero-order valence-corrected chi connectivity index (χ0v) is 23.5. The first-order valence-electron chi connectivity index (χ1n) is 13.2. The number of nitrogens with zero attached hydrogens (tertiary/aromatic N) is 6. The number of ether oxygens (including phenoxy) is 1. The van der Waals surface area contributed by atoms with Gasteiger partial charge in [0.25, 0.3) is 5.95 Å². The molecule has 0 aromatic carbocycles. The van der Waals surface area contributed by atoms with Crippen LogP contribution in [0.1, 0.15) is 50.9 Å². The molecule has 2 N–H and O–H groups in total. The molecule has 13 heteroatoms. The maximum atomic E-state index is 13.9. The fourth-order valence-electron chi connectivity index (χ4n) is 4.34. The summed E-state index contributed by atoms with van der Waals surface area (Å²) in [6.45, 7) is 8.39. The van der Waals surface area contributed by atoms with Gasteiger partial charge in [0.15, 0.2) is 0 Å². The minimum absolute atomic E-state index is 0.0489. The van der Waals surface area contributed by atoms with Gasteiger partial charge < -0.3 is 19.5 Å². The Morgan fingerprint density at radius 3 is 2.75 bits per heavy atom. The lowest BCUT2D eigenvalue weighted by atomic mass is 9.74. The van der Waals surface area contributed by atoms with Crippen molar-refractivity contribution in [3.8, 4) is 5.88 Å². The van der Waals surface area contributed by atoms with Crippen LogP contribution in [0.2, 0.25) is 0 Å². The Labute approximate surface area is 236 Å². The Kier molecular flexibility index (Phi) is 9.83. The van der Waals surface area contributed by atoms with Crippen LogP contribution in [0.3, 0.4) is 0 Å². The summed E-state index contributed by atoms with van der Waals surface area (Å²) in [5, 5.41) is 3.02. The van der Waals surface area contributed by atoms with E-state index in [4.69, 9.17) is 4.74 Å². The molecule has 2 amide bonds. The number of nitrogens with one attached hydrogen (secondary N) is 2. The third-order valence-electron chi connectivity index (χ3n) is 6.66. The number of allylic oxidation sites excluding steroid dienone is 2. The lowest BCUT2D eigenvalue weighted by Gasteiger charge is -2.40. The molecular weight excluding hydrogens is 532 g/mol. The van der Waals surface area contributed by atoms with Crippen molar-refractivity contribution in [3.63, 3.8) is 0 Å². The van der Waals surface area contributed by atoms with Gasteiger partial charge in [-0.25, -0.2) is 19.9 Å². The van der Waals surface area contributed by atoms with Crippen LogP contribution in [-0.2, 0) is 32.8 Å². The normalized spacial score (nSPS) is 17.8. The maximum absolute atomic E-state index is 13.9. The number of hydrogen-bond donors (Lipinski definition) is 2. The fraction of sp³-hybridized carbons (Fsp3) is 0.444. The molecule has 4 rings (SSSR count). The van der Waals surface area contributed by atoms with Gasteiger partial charge in [0.05, 0.1) is 41.0 Å². The predicted octanol–water partition coefficient (Wildman–Crippen LogP) is 2.24. The molecule has 1 saturated carbocycles. The van der Waals surface area contributed by atoms with E-state index in [0.717, 1.165) is 12.8 Å². The number of amides is 2. The highest BCUT2D eigenvalue weighted by atomic mass is 32.2. The van der Waals surface area contributed by atoms with Crippen molar-refractivity contribution in [3.05, 3.63) is 60.6 Å². The Bertz CT molecular complexity index is 1270. The highest BCUT2D eigenvalue weighted by molar-refractivity contribution is 7.93. The van der Waals surface area contributed by atoms with Crippen LogP contribution in [0, 0.1) is 0 Å². The summed E-state index contributed by atoms with van der Waals surface area (Å²) in [5.74, 6) is 0.574. The first-order chi connectivity index (χ1) is 19.3. The van der Waals surface area contributed by atoms with Gasteiger partial charge in [0.2, 0.25) is 17.7 Å². The standard InChI is InChI=1S/C27H34N8O4S/c1-4-6-23(29-13-9-20-17-28-18-24(31-20)39-5-2)33-25(37)27(11-15-35(16-12-27)19(3)36)22-10-14-30-26(32-22)34-40(38)21-7-8-21/h4,6,10,13-14,17-18,21H,1,5,7-9,11-12,15-16H2,2-3H3,(H,33,37)(H,30,32,34)/b23-6+,29-13-. The molecule has 0 spiro atoms. The van der Waals surface area contributed by atoms with Gasteiger partial charge in [-0.3, -0.25) is 14.6 Å². The number of likely N-dealkylation sites (tertiary alicyclic amines) is 1. The highest BCUT2D eigenvalue weighted by Crippen LogP contribution is 2.36. The van der Waals surface area contributed by atoms with Crippen molar-refractivity contribution >= 4 is 35.3 Å². The van der Waals surface area contributed by atoms with Crippen molar-refractivity contribution in [2.75, 3.05) is 24.4 Å². The SMILES string of the molecule is C=C/C=C(\N=C/Cc1cncc(OCC)n1)NC(=O)C1(c2ccnc(N[S+]([O-])C3CC3)n2)CCN(C(C)=O)CC1. The van der Waals surface area contributed by atoms with Crippen LogP contribution < -0.4 is 14.8 Å². The molecule has 2 aromatic heterocycles. The van der Waals surface area contributed by atoms with Gasteiger partial charge in [0, 0.05) is 57.9 Å². The van der Waals surface area contributed by atoms with E-state index < -0.39 is 16.8 Å². The molecule has 1 atom stereocenters. The first-order valence-corrected chi connectivity index (χ1v) is 14.4. The van der Waals surface area contributed by atoms with Gasteiger partial charge >= 0.3 is 0 Å². The van der Waals surface area contributed by atoms with Crippen molar-refractivity contribution in [2.24, 2.45) is 4.99 Å². The lowest BCUT2D eigenvalue weighted by molar-refractivity contribution is -0.135. The molecule has 12 nitrogen and oxygen atoms in total. The second kappa shape index (κ2) is 13.5. The topological polar surface area (TPSA) is 158 Å². The molecule has 2 aliphatic rings. The highest BCUT2D eigenvalue weighted by Gasteiger charge is 2.45. The van der Waals surface area contributed by atoms with Gasteiger partial charge in [-0.05, 0) is 31.9 Å². The molecule has 1 saturated heterocycles. The average molecular weight is 567 g/mol. The summed E-state index contributed by atoms with van der Waals surface area (Å²) in [5.41, 5.74) is 0.0968. The minimum Gasteiger partial charge on any atom is -0.593 e. The van der Waals surface area contributed by atoms with Gasteiger partial charge in [-0.1, -0.05) is 12.7 Å². The number of carbonyl (C=O) groups is 2. The van der Waals surface area contributed by atoms with Crippen molar-refractivity contribution in [1.29, 1.82) is 0 Å². The van der Waals surface area contributed by atoms with Gasteiger partial charge in [-0.2, -0.15) is 4.72 Å². The van der Waals surface area contributed by atoms with Crippen LogP contribution in [-0.4, -0.2) is 72.4 Å². The molecule has 1 aliphatic carbocycles. The minimum atomic E-state index is -1.28. The quantitative estimate of drug-likeness (QED) is 0.223. The van der Waals surface area contributed by atoms with Crippen LogP contribution in [0.25, 0.3) is 0 Å². The molecule has 212 valence electrons. The largest absolute Gasteiger partial charge is 0.593 e. The number of aliphatic imine (C=N–C) groups is 1. The van der Waals surface area contributed by atoms with Crippen LogP contribution in [0.15, 0.2) is 54.2 Å². The zero-order chi connectivity index (χ0) is 28.5. The molecule has 0 radical (unpaired) electrons. The Hall–Kier alpha value is -3.84. The van der Waals surface area contributed by atoms with E-state index in [2.05, 4.69) is 41.5 Å². The summed E-state index contributed by atoms with van der Waals surface area (Å²) in [6, 6.07) is 1.69. The van der Waals surface area contributed by atoms with Crippen LogP contribution in [0.5, 0.6) is 5.88 Å². The second-order valence-corrected chi connectivity index (χ2v) is 11.0. The zero-order valence-electron chi connectivity index (χ0n) is 22.7. The van der Waals surface area contributed by atoms with E-state index >= 15 is 0 Å². The number of hydrogen-bond acceptors (Lipinski definition) is 10. The monoisotopic (exact) mass is 566 g/mol. The first kappa shape index (κ1) is 29.2. The summed E-state index contributed by atoms with van der Waals surface area (Å²) in [6.07, 6.45) is 12.4. The summed E-state index contributed by atoms with van der Waals surface area (Å²) >= 11 is -1.28. The number of anilines is 1. The average Bonchev–Trinajstić information content (AvgIpc) is 3.80. The van der Waals surface area contributed by atoms with Crippen LogP contribution in [0.4, 0.5) is 5.95 Å². The third kappa shape index (κ3) is 7.42.